The van der Waals surface area contributed by atoms with E-state index in [1.54, 1.807) is 7.11 Å². The lowest BCUT2D eigenvalue weighted by Gasteiger charge is -2.42. The first kappa shape index (κ1) is 15.3. The topological polar surface area (TPSA) is 41.6 Å². The third-order valence-electron chi connectivity index (χ3n) is 5.26. The maximum atomic E-state index is 12.4. The average molecular weight is 302 g/mol. The van der Waals surface area contributed by atoms with Crippen molar-refractivity contribution in [3.8, 4) is 5.75 Å². The van der Waals surface area contributed by atoms with Crippen molar-refractivity contribution in [2.24, 2.45) is 11.8 Å². The summed E-state index contributed by atoms with van der Waals surface area (Å²) in [5.41, 5.74) is 0.714. The second-order valence-electron chi connectivity index (χ2n) is 6.78. The first-order chi connectivity index (χ1) is 10.7. The Morgan fingerprint density at radius 1 is 1.18 bits per heavy atom. The van der Waals surface area contributed by atoms with Crippen LogP contribution in [0.25, 0.3) is 0 Å². The van der Waals surface area contributed by atoms with Crippen LogP contribution in [0.15, 0.2) is 24.3 Å². The highest BCUT2D eigenvalue weighted by Crippen LogP contribution is 2.36. The number of ether oxygens (including phenoxy) is 1. The molecule has 3 atom stereocenters. The molecule has 0 spiro atoms. The zero-order chi connectivity index (χ0) is 15.5. The maximum Gasteiger partial charge on any atom is 0.251 e. The fraction of sp³-hybridized carbons (Fsp3) is 0.611. The molecule has 120 valence electrons. The summed E-state index contributed by atoms with van der Waals surface area (Å²) >= 11 is 0. The number of rotatable bonds is 3. The second kappa shape index (κ2) is 6.69. The number of fused-ring (bicyclic) bond motifs is 1. The summed E-state index contributed by atoms with van der Waals surface area (Å²) in [5, 5.41) is 3.22. The Bertz CT molecular complexity index is 514. The van der Waals surface area contributed by atoms with Crippen LogP contribution < -0.4 is 10.1 Å². The standard InChI is InChI=1S/C18H26N2O2/c1-20-10-9-14-11-16(6-3-15(14)12-20)19-18(21)13-4-7-17(22-2)8-5-13/h4-5,7-8,14-16H,3,6,9-12H2,1-2H3,(H,19,21)/t14-,15-,16-/m0/s1. The lowest BCUT2D eigenvalue weighted by Crippen LogP contribution is -2.46. The van der Waals surface area contributed by atoms with Crippen molar-refractivity contribution in [3.05, 3.63) is 29.8 Å². The molecule has 1 aliphatic carbocycles. The number of amides is 1. The number of carbonyl (C=O) groups excluding carboxylic acids is 1. The second-order valence-corrected chi connectivity index (χ2v) is 6.78. The Kier molecular flexibility index (Phi) is 4.67. The summed E-state index contributed by atoms with van der Waals surface area (Å²) in [6.07, 6.45) is 4.76. The van der Waals surface area contributed by atoms with E-state index in [2.05, 4.69) is 17.3 Å². The van der Waals surface area contributed by atoms with Gasteiger partial charge in [-0.25, -0.2) is 0 Å². The first-order valence-electron chi connectivity index (χ1n) is 8.29. The number of hydrogen-bond acceptors (Lipinski definition) is 3. The molecule has 4 heteroatoms. The Balaban J connectivity index is 1.55. The van der Waals surface area contributed by atoms with Crippen molar-refractivity contribution in [3.63, 3.8) is 0 Å². The summed E-state index contributed by atoms with van der Waals surface area (Å²) in [7, 11) is 3.85. The molecule has 0 radical (unpaired) electrons. The van der Waals surface area contributed by atoms with Gasteiger partial charge < -0.3 is 15.0 Å². The van der Waals surface area contributed by atoms with E-state index in [1.807, 2.05) is 24.3 Å². The quantitative estimate of drug-likeness (QED) is 0.933. The number of piperidine rings is 1. The molecular formula is C18H26N2O2. The van der Waals surface area contributed by atoms with Gasteiger partial charge in [0.1, 0.15) is 5.75 Å². The van der Waals surface area contributed by atoms with E-state index in [0.29, 0.717) is 11.6 Å². The van der Waals surface area contributed by atoms with Crippen molar-refractivity contribution >= 4 is 5.91 Å². The zero-order valence-electron chi connectivity index (χ0n) is 13.5. The third-order valence-corrected chi connectivity index (χ3v) is 5.26. The van der Waals surface area contributed by atoms with Gasteiger partial charge in [-0.1, -0.05) is 0 Å². The molecule has 0 aromatic heterocycles. The highest BCUT2D eigenvalue weighted by molar-refractivity contribution is 5.94. The molecular weight excluding hydrogens is 276 g/mol. The SMILES string of the molecule is COc1ccc(C(=O)N[C@H]2CC[C@H]3CN(C)CC[C@H]3C2)cc1. The highest BCUT2D eigenvalue weighted by atomic mass is 16.5. The monoisotopic (exact) mass is 302 g/mol. The van der Waals surface area contributed by atoms with Crippen molar-refractivity contribution in [1.82, 2.24) is 10.2 Å². The van der Waals surface area contributed by atoms with Crippen LogP contribution in [0, 0.1) is 11.8 Å². The van der Waals surface area contributed by atoms with Gasteiger partial charge in [0.05, 0.1) is 7.11 Å². The van der Waals surface area contributed by atoms with E-state index >= 15 is 0 Å². The van der Waals surface area contributed by atoms with Gasteiger partial charge in [0.15, 0.2) is 0 Å². The van der Waals surface area contributed by atoms with Crippen LogP contribution in [-0.2, 0) is 0 Å². The number of likely N-dealkylation sites (tertiary alicyclic amines) is 1. The van der Waals surface area contributed by atoms with Gasteiger partial charge in [-0.3, -0.25) is 4.79 Å². The van der Waals surface area contributed by atoms with E-state index in [-0.39, 0.29) is 5.91 Å². The van der Waals surface area contributed by atoms with Crippen molar-refractivity contribution in [2.75, 3.05) is 27.2 Å². The van der Waals surface area contributed by atoms with Crippen LogP contribution in [0.4, 0.5) is 0 Å². The largest absolute Gasteiger partial charge is 0.497 e. The molecule has 22 heavy (non-hydrogen) atoms. The molecule has 4 nitrogen and oxygen atoms in total. The molecule has 1 heterocycles. The van der Waals surface area contributed by atoms with Crippen LogP contribution in [0.5, 0.6) is 5.75 Å². The molecule has 1 saturated carbocycles. The van der Waals surface area contributed by atoms with Crippen LogP contribution in [0.3, 0.4) is 0 Å². The number of hydrogen-bond donors (Lipinski definition) is 1. The molecule has 0 unspecified atom stereocenters. The number of benzene rings is 1. The van der Waals surface area contributed by atoms with E-state index in [1.165, 1.54) is 25.9 Å². The fourth-order valence-corrected chi connectivity index (χ4v) is 3.94. The van der Waals surface area contributed by atoms with Gasteiger partial charge >= 0.3 is 0 Å². The average Bonchev–Trinajstić information content (AvgIpc) is 2.55. The molecule has 1 aromatic rings. The molecule has 1 N–H and O–H groups in total. The molecule has 1 saturated heterocycles. The summed E-state index contributed by atoms with van der Waals surface area (Å²) in [4.78, 5) is 14.8. The molecule has 1 amide bonds. The number of nitrogens with zero attached hydrogens (tertiary/aromatic N) is 1. The molecule has 1 aliphatic heterocycles. The summed E-state index contributed by atoms with van der Waals surface area (Å²) < 4.78 is 5.13. The summed E-state index contributed by atoms with van der Waals surface area (Å²) in [6, 6.07) is 7.66. The van der Waals surface area contributed by atoms with Crippen molar-refractivity contribution in [2.45, 2.75) is 31.7 Å². The number of methoxy groups -OCH3 is 1. The highest BCUT2D eigenvalue weighted by Gasteiger charge is 2.34. The molecule has 3 rings (SSSR count). The molecule has 0 bridgehead atoms. The van der Waals surface area contributed by atoms with E-state index in [0.717, 1.165) is 30.4 Å². The van der Waals surface area contributed by atoms with Crippen molar-refractivity contribution in [1.29, 1.82) is 0 Å². The van der Waals surface area contributed by atoms with Gasteiger partial charge in [-0.15, -0.1) is 0 Å². The number of nitrogens with one attached hydrogen (secondary N) is 1. The summed E-state index contributed by atoms with van der Waals surface area (Å²) in [6.45, 7) is 2.42. The minimum Gasteiger partial charge on any atom is -0.497 e. The van der Waals surface area contributed by atoms with Crippen LogP contribution >= 0.6 is 0 Å². The third kappa shape index (κ3) is 3.43. The first-order valence-corrected chi connectivity index (χ1v) is 8.29. The fourth-order valence-electron chi connectivity index (χ4n) is 3.94. The Morgan fingerprint density at radius 2 is 1.95 bits per heavy atom. The number of carbonyl (C=O) groups is 1. The van der Waals surface area contributed by atoms with Crippen molar-refractivity contribution < 1.29 is 9.53 Å². The maximum absolute atomic E-state index is 12.4. The Hall–Kier alpha value is -1.55. The minimum atomic E-state index is 0.0408. The van der Waals surface area contributed by atoms with Crippen LogP contribution in [0.2, 0.25) is 0 Å². The lowest BCUT2D eigenvalue weighted by molar-refractivity contribution is 0.0771. The molecule has 2 fully saturated rings. The van der Waals surface area contributed by atoms with E-state index in [4.69, 9.17) is 4.74 Å². The Morgan fingerprint density at radius 3 is 2.68 bits per heavy atom. The lowest BCUT2D eigenvalue weighted by atomic mass is 9.73. The van der Waals surface area contributed by atoms with E-state index in [9.17, 15) is 4.79 Å². The Labute approximate surface area is 132 Å². The van der Waals surface area contributed by atoms with Gasteiger partial charge in [0.2, 0.25) is 0 Å². The van der Waals surface area contributed by atoms with Gasteiger partial charge in [0.25, 0.3) is 5.91 Å². The van der Waals surface area contributed by atoms with E-state index < -0.39 is 0 Å². The minimum absolute atomic E-state index is 0.0408. The van der Waals surface area contributed by atoms with Gasteiger partial charge in [-0.05, 0) is 75.4 Å². The smallest absolute Gasteiger partial charge is 0.251 e. The predicted octanol–water partition coefficient (Wildman–Crippen LogP) is 2.55. The normalized spacial score (nSPS) is 28.7. The molecule has 2 aliphatic rings. The van der Waals surface area contributed by atoms with Gasteiger partial charge in [0, 0.05) is 18.2 Å². The molecule has 1 aromatic carbocycles. The van der Waals surface area contributed by atoms with Crippen LogP contribution in [0.1, 0.15) is 36.0 Å². The summed E-state index contributed by atoms with van der Waals surface area (Å²) in [5.74, 6) is 2.43. The zero-order valence-corrected chi connectivity index (χ0v) is 13.5. The predicted molar refractivity (Wildman–Crippen MR) is 87.2 cm³/mol. The van der Waals surface area contributed by atoms with Crippen LogP contribution in [-0.4, -0.2) is 44.1 Å². The van der Waals surface area contributed by atoms with Gasteiger partial charge in [-0.2, -0.15) is 0 Å².